The number of hydrogen-bond acceptors (Lipinski definition) is 9. The summed E-state index contributed by atoms with van der Waals surface area (Å²) in [6, 6.07) is 7.51. The Bertz CT molecular complexity index is 1290. The van der Waals surface area contributed by atoms with Crippen LogP contribution in [0.2, 0.25) is 0 Å². The van der Waals surface area contributed by atoms with E-state index in [0.29, 0.717) is 30.2 Å². The summed E-state index contributed by atoms with van der Waals surface area (Å²) in [6.07, 6.45) is 3.37. The van der Waals surface area contributed by atoms with E-state index in [1.165, 1.54) is 18.2 Å². The largest absolute Gasteiger partial charge is 0.363 e. The van der Waals surface area contributed by atoms with Gasteiger partial charge in [-0.2, -0.15) is 0 Å². The highest BCUT2D eigenvalue weighted by Crippen LogP contribution is 2.23. The van der Waals surface area contributed by atoms with Crippen molar-refractivity contribution in [1.29, 1.82) is 0 Å². The Kier molecular flexibility index (Phi) is 7.24. The van der Waals surface area contributed by atoms with E-state index in [2.05, 4.69) is 57.2 Å². The highest BCUT2D eigenvalue weighted by atomic mass is 79.9. The van der Waals surface area contributed by atoms with Crippen molar-refractivity contribution in [2.24, 2.45) is 4.99 Å². The monoisotopic (exact) mass is 532 g/mol. The Labute approximate surface area is 199 Å². The van der Waals surface area contributed by atoms with Crippen LogP contribution in [0.3, 0.4) is 0 Å². The van der Waals surface area contributed by atoms with Gasteiger partial charge in [0.2, 0.25) is 5.82 Å². The lowest BCUT2D eigenvalue weighted by atomic mass is 10.3. The van der Waals surface area contributed by atoms with E-state index in [1.807, 2.05) is 5.48 Å². The van der Waals surface area contributed by atoms with Gasteiger partial charge in [0.15, 0.2) is 11.5 Å². The average Bonchev–Trinajstić information content (AvgIpc) is 3.61. The first kappa shape index (κ1) is 23.1. The number of aromatic nitrogens is 6. The molecule has 0 saturated carbocycles. The summed E-state index contributed by atoms with van der Waals surface area (Å²) in [7, 11) is 0. The smallest absolute Gasteiger partial charge is 0.268 e. The van der Waals surface area contributed by atoms with Crippen molar-refractivity contribution in [3.63, 3.8) is 0 Å². The summed E-state index contributed by atoms with van der Waals surface area (Å²) in [5.41, 5.74) is 3.47. The molecular formula is C19H18BrFN10O3. The molecule has 4 rings (SSSR count). The molecule has 0 unspecified atom stereocenters. The summed E-state index contributed by atoms with van der Waals surface area (Å²) < 4.78 is 20.0. The van der Waals surface area contributed by atoms with E-state index in [1.54, 1.807) is 29.2 Å². The first-order chi connectivity index (χ1) is 16.5. The van der Waals surface area contributed by atoms with Crippen molar-refractivity contribution in [3.8, 4) is 0 Å². The second-order valence-corrected chi connectivity index (χ2v) is 7.65. The van der Waals surface area contributed by atoms with Crippen LogP contribution in [-0.4, -0.2) is 53.8 Å². The lowest BCUT2D eigenvalue weighted by Gasteiger charge is -2.06. The van der Waals surface area contributed by atoms with Crippen molar-refractivity contribution in [3.05, 3.63) is 70.1 Å². The summed E-state index contributed by atoms with van der Waals surface area (Å²) in [6.45, 7) is 0.998. The first-order valence-corrected chi connectivity index (χ1v) is 10.6. The number of carbonyl (C=O) groups is 1. The number of nitrogens with one attached hydrogen (secondary N) is 4. The fraction of sp³-hybridized carbons (Fsp3) is 0.158. The molecule has 13 nitrogen and oxygen atoms in total. The second-order valence-electron chi connectivity index (χ2n) is 6.80. The Balaban J connectivity index is 1.33. The lowest BCUT2D eigenvalue weighted by molar-refractivity contribution is 0.0946. The minimum Gasteiger partial charge on any atom is -0.363 e. The fourth-order valence-corrected chi connectivity index (χ4v) is 3.20. The molecule has 0 spiro atoms. The van der Waals surface area contributed by atoms with E-state index in [-0.39, 0.29) is 34.3 Å². The van der Waals surface area contributed by atoms with E-state index < -0.39 is 5.82 Å². The van der Waals surface area contributed by atoms with E-state index in [0.717, 1.165) is 0 Å². The number of nitrogens with zero attached hydrogens (tertiary/aromatic N) is 6. The molecule has 0 atom stereocenters. The number of hydroxylamine groups is 1. The Morgan fingerprint density at radius 2 is 2.21 bits per heavy atom. The number of hydrogen-bond donors (Lipinski definition) is 5. The van der Waals surface area contributed by atoms with E-state index >= 15 is 0 Å². The lowest BCUT2D eigenvalue weighted by Crippen LogP contribution is -2.23. The molecule has 3 heterocycles. The van der Waals surface area contributed by atoms with Crippen LogP contribution in [0.1, 0.15) is 21.9 Å². The number of carbonyl (C=O) groups excluding carboxylic acids is 1. The standard InChI is InChI=1S/C19H18BrFN10O3/c20-13-8-11(3-4-14(13)21)25-18(27-33)16-17(29-34-28-16)23-6-7-31-10-12(26-30-31)9-24-19(32)15-2-1-5-22-15/h1-5,8,10,22,33H,6-7,9H2,(H,23,29)(H,24,32)(H,25,27). The number of amidine groups is 1. The van der Waals surface area contributed by atoms with Crippen LogP contribution < -0.4 is 16.1 Å². The molecule has 1 aromatic carbocycles. The molecule has 5 N–H and O–H groups in total. The Morgan fingerprint density at radius 1 is 1.32 bits per heavy atom. The van der Waals surface area contributed by atoms with Gasteiger partial charge in [-0.15, -0.1) is 5.10 Å². The minimum absolute atomic E-state index is 0.0527. The number of anilines is 1. The maximum atomic E-state index is 13.4. The number of aromatic amines is 1. The van der Waals surface area contributed by atoms with Crippen LogP contribution in [0.25, 0.3) is 0 Å². The van der Waals surface area contributed by atoms with Gasteiger partial charge >= 0.3 is 0 Å². The van der Waals surface area contributed by atoms with Gasteiger partial charge in [-0.05, 0) is 56.6 Å². The molecule has 0 fully saturated rings. The summed E-state index contributed by atoms with van der Waals surface area (Å²) in [5, 5.41) is 30.8. The third-order valence-electron chi connectivity index (χ3n) is 4.45. The number of H-pyrrole nitrogens is 1. The number of halogens is 2. The van der Waals surface area contributed by atoms with Crippen LogP contribution in [0.15, 0.2) is 56.8 Å². The number of rotatable bonds is 9. The molecule has 15 heteroatoms. The summed E-state index contributed by atoms with van der Waals surface area (Å²) in [4.78, 5) is 19.0. The van der Waals surface area contributed by atoms with Gasteiger partial charge in [0.25, 0.3) is 5.91 Å². The van der Waals surface area contributed by atoms with Crippen LogP contribution >= 0.6 is 15.9 Å². The topological polar surface area (TPSA) is 171 Å². The van der Waals surface area contributed by atoms with Gasteiger partial charge in [-0.25, -0.2) is 14.0 Å². The van der Waals surface area contributed by atoms with E-state index in [4.69, 9.17) is 4.63 Å². The van der Waals surface area contributed by atoms with E-state index in [9.17, 15) is 14.4 Å². The Hall–Kier alpha value is -4.11. The molecule has 0 radical (unpaired) electrons. The quantitative estimate of drug-likeness (QED) is 0.123. The van der Waals surface area contributed by atoms with Crippen LogP contribution in [0.5, 0.6) is 0 Å². The number of amides is 1. The molecule has 0 saturated heterocycles. The molecule has 1 amide bonds. The van der Waals surface area contributed by atoms with Gasteiger partial charge in [0.05, 0.1) is 29.4 Å². The van der Waals surface area contributed by atoms with Gasteiger partial charge in [0.1, 0.15) is 17.2 Å². The number of benzene rings is 1. The molecule has 176 valence electrons. The zero-order valence-corrected chi connectivity index (χ0v) is 19.0. The zero-order valence-electron chi connectivity index (χ0n) is 17.4. The van der Waals surface area contributed by atoms with Crippen molar-refractivity contribution >= 4 is 39.2 Å². The van der Waals surface area contributed by atoms with Crippen LogP contribution in [0, 0.1) is 5.82 Å². The third kappa shape index (κ3) is 5.62. The molecule has 0 bridgehead atoms. The molecule has 34 heavy (non-hydrogen) atoms. The van der Waals surface area contributed by atoms with Crippen molar-refractivity contribution in [2.75, 3.05) is 11.9 Å². The Morgan fingerprint density at radius 3 is 2.97 bits per heavy atom. The van der Waals surface area contributed by atoms with Crippen molar-refractivity contribution in [2.45, 2.75) is 13.1 Å². The molecule has 0 aliphatic heterocycles. The van der Waals surface area contributed by atoms with Crippen molar-refractivity contribution in [1.82, 2.24) is 41.1 Å². The van der Waals surface area contributed by atoms with Gasteiger partial charge < -0.3 is 15.6 Å². The first-order valence-electron chi connectivity index (χ1n) is 9.84. The van der Waals surface area contributed by atoms with Gasteiger partial charge in [-0.1, -0.05) is 5.21 Å². The maximum Gasteiger partial charge on any atom is 0.268 e. The summed E-state index contributed by atoms with van der Waals surface area (Å²) >= 11 is 3.08. The minimum atomic E-state index is -0.443. The number of aliphatic imine (C=N–C) groups is 1. The predicted octanol–water partition coefficient (Wildman–Crippen LogP) is 1.99. The van der Waals surface area contributed by atoms with Crippen molar-refractivity contribution < 1.29 is 19.0 Å². The highest BCUT2D eigenvalue weighted by Gasteiger charge is 2.17. The van der Waals surface area contributed by atoms with Crippen LogP contribution in [-0.2, 0) is 13.1 Å². The molecule has 0 aliphatic rings. The van der Waals surface area contributed by atoms with Gasteiger partial charge in [-0.3, -0.25) is 20.2 Å². The molecule has 0 aliphatic carbocycles. The normalized spacial score (nSPS) is 11.4. The molecule has 3 aromatic heterocycles. The van der Waals surface area contributed by atoms with Gasteiger partial charge in [0, 0.05) is 12.7 Å². The maximum absolute atomic E-state index is 13.4. The second kappa shape index (κ2) is 10.7. The fourth-order valence-electron chi connectivity index (χ4n) is 2.83. The summed E-state index contributed by atoms with van der Waals surface area (Å²) in [5.74, 6) is -0.513. The third-order valence-corrected chi connectivity index (χ3v) is 5.06. The molecular weight excluding hydrogens is 515 g/mol. The predicted molar refractivity (Wildman–Crippen MR) is 120 cm³/mol. The van der Waals surface area contributed by atoms with Crippen LogP contribution in [0.4, 0.5) is 15.9 Å². The highest BCUT2D eigenvalue weighted by molar-refractivity contribution is 9.10. The average molecular weight is 533 g/mol. The molecule has 4 aromatic rings. The SMILES string of the molecule is O=C(NCc1cn(CCNc2nonc2C(=Nc2ccc(F)c(Br)c2)NO)nn1)c1ccc[nH]1. The zero-order chi connectivity index (χ0) is 23.9.